The number of nitrogens with one attached hydrogen (secondary N) is 3. The van der Waals surface area contributed by atoms with Gasteiger partial charge in [-0.05, 0) is 101 Å². The number of piperidine rings is 1. The minimum absolute atomic E-state index is 0.0156. The van der Waals surface area contributed by atoms with Crippen LogP contribution in [0.25, 0.3) is 0 Å². The lowest BCUT2D eigenvalue weighted by Crippen LogP contribution is -2.55. The van der Waals surface area contributed by atoms with Crippen LogP contribution in [0.5, 0.6) is 5.75 Å². The Labute approximate surface area is 424 Å². The standard InChI is InChI=1S/C41H68N6O8S.C8H13NO2.C3H8/c1-12-26(4)37(46(8)35(49)24-42-41(52)36(25(2)3)45(6)7)33(54-10)23-34(48)47-21-13-14-32(47)38(55-11)27(5)39(50)43-31(40(51)44-56-30-19-20-30)22-28-15-17-29(53-9)18-16-28;1-7(11)8-2-4-9(6-10)5-3-8;1-3-2/h15-18,25-27,30-33,36-38H,12-14,19-24H2,1-11H3,(H,42,52)(H,43,50)(H,44,51);6,8H,2-5H2,1H3;3H2,1-2H3. The summed E-state index contributed by atoms with van der Waals surface area (Å²) in [5.74, 6) is -0.750. The second-order valence-corrected chi connectivity index (χ2v) is 20.8. The van der Waals surface area contributed by atoms with Crippen molar-refractivity contribution in [1.29, 1.82) is 0 Å². The van der Waals surface area contributed by atoms with Gasteiger partial charge in [0, 0.05) is 58.5 Å². The number of likely N-dealkylation sites (N-methyl/N-ethyl adjacent to an activating group) is 2. The van der Waals surface area contributed by atoms with E-state index in [2.05, 4.69) is 29.2 Å². The summed E-state index contributed by atoms with van der Waals surface area (Å²) in [6, 6.07) is 5.38. The van der Waals surface area contributed by atoms with Crippen LogP contribution in [0.2, 0.25) is 0 Å². The molecular weight excluding hydrogens is 915 g/mol. The van der Waals surface area contributed by atoms with E-state index < -0.39 is 30.2 Å². The normalized spacial score (nSPS) is 18.9. The molecule has 8 atom stereocenters. The molecule has 70 heavy (non-hydrogen) atoms. The molecule has 0 spiro atoms. The summed E-state index contributed by atoms with van der Waals surface area (Å²) in [6.07, 6.45) is 7.06. The van der Waals surface area contributed by atoms with Gasteiger partial charge in [-0.15, -0.1) is 0 Å². The van der Waals surface area contributed by atoms with Gasteiger partial charge in [0.2, 0.25) is 30.0 Å². The molecule has 8 unspecified atom stereocenters. The third kappa shape index (κ3) is 19.7. The van der Waals surface area contributed by atoms with Crippen molar-refractivity contribution in [2.75, 3.05) is 68.7 Å². The second-order valence-electron chi connectivity index (χ2n) is 19.6. The van der Waals surface area contributed by atoms with Crippen LogP contribution in [0.4, 0.5) is 0 Å². The summed E-state index contributed by atoms with van der Waals surface area (Å²) in [7, 11) is 10.1. The lowest BCUT2D eigenvalue weighted by atomic mass is 9.90. The molecule has 18 heteroatoms. The highest BCUT2D eigenvalue weighted by Crippen LogP contribution is 2.32. The molecule has 3 fully saturated rings. The Morgan fingerprint density at radius 3 is 1.94 bits per heavy atom. The quantitative estimate of drug-likeness (QED) is 0.0865. The number of ketones is 1. The molecule has 2 saturated heterocycles. The monoisotopic (exact) mass is 1000 g/mol. The maximum Gasteiger partial charge on any atom is 0.252 e. The van der Waals surface area contributed by atoms with Gasteiger partial charge in [0.25, 0.3) is 5.91 Å². The highest BCUT2D eigenvalue weighted by molar-refractivity contribution is 7.98. The van der Waals surface area contributed by atoms with E-state index in [1.54, 1.807) is 56.9 Å². The fourth-order valence-corrected chi connectivity index (χ4v) is 9.97. The molecule has 0 aromatic heterocycles. The van der Waals surface area contributed by atoms with Crippen molar-refractivity contribution in [3.05, 3.63) is 29.8 Å². The van der Waals surface area contributed by atoms with Crippen molar-refractivity contribution in [1.82, 2.24) is 35.0 Å². The predicted octanol–water partition coefficient (Wildman–Crippen LogP) is 5.13. The number of Topliss-reactive ketones (excluding diaryl/α,β-unsaturated/α-hetero) is 1. The molecule has 2 aliphatic heterocycles. The van der Waals surface area contributed by atoms with Crippen LogP contribution < -0.4 is 20.1 Å². The van der Waals surface area contributed by atoms with Gasteiger partial charge in [-0.2, -0.15) is 0 Å². The van der Waals surface area contributed by atoms with Crippen molar-refractivity contribution >= 4 is 53.7 Å². The SMILES string of the molecule is CC(=O)C1CCN(C=O)CC1.CCC.CCC(C)C(C(CC(=O)N1CCCC1C(OC)C(C)C(=O)NC(Cc1ccc(OC)cc1)C(=O)NSC1CC1)OC)N(C)C(=O)CNC(=O)C(C(C)C)N(C)C. The summed E-state index contributed by atoms with van der Waals surface area (Å²) in [5.41, 5.74) is 0.871. The molecule has 2 heterocycles. The number of hydrogen-bond donors (Lipinski definition) is 3. The van der Waals surface area contributed by atoms with Crippen LogP contribution in [0.15, 0.2) is 24.3 Å². The molecule has 0 radical (unpaired) electrons. The molecule has 17 nitrogen and oxygen atoms in total. The van der Waals surface area contributed by atoms with Crippen molar-refractivity contribution in [3.8, 4) is 5.75 Å². The number of carbonyl (C=O) groups is 7. The van der Waals surface area contributed by atoms with E-state index in [1.165, 1.54) is 18.4 Å². The molecule has 1 saturated carbocycles. The predicted molar refractivity (Wildman–Crippen MR) is 276 cm³/mol. The van der Waals surface area contributed by atoms with E-state index in [9.17, 15) is 33.6 Å². The van der Waals surface area contributed by atoms with Gasteiger partial charge < -0.3 is 39.5 Å². The molecule has 1 aromatic rings. The fourth-order valence-electron chi connectivity index (χ4n) is 9.17. The molecule has 1 aromatic carbocycles. The molecule has 1 aliphatic carbocycles. The maximum atomic E-state index is 14.2. The lowest BCUT2D eigenvalue weighted by Gasteiger charge is -2.39. The van der Waals surface area contributed by atoms with E-state index in [1.807, 2.05) is 71.0 Å². The number of methoxy groups -OCH3 is 3. The zero-order valence-electron chi connectivity index (χ0n) is 44.9. The highest BCUT2D eigenvalue weighted by Gasteiger charge is 2.43. The molecule has 6 amide bonds. The first-order chi connectivity index (χ1) is 33.2. The maximum absolute atomic E-state index is 14.2. The van der Waals surface area contributed by atoms with Crippen molar-refractivity contribution in [2.24, 2.45) is 23.7 Å². The zero-order valence-corrected chi connectivity index (χ0v) is 45.7. The molecule has 3 N–H and O–H groups in total. The molecule has 4 rings (SSSR count). The van der Waals surface area contributed by atoms with E-state index >= 15 is 0 Å². The van der Waals surface area contributed by atoms with Crippen molar-refractivity contribution < 1.29 is 47.8 Å². The van der Waals surface area contributed by atoms with E-state index in [0.29, 0.717) is 30.4 Å². The van der Waals surface area contributed by atoms with E-state index in [0.717, 1.165) is 63.6 Å². The average Bonchev–Trinajstić information content (AvgIpc) is 4.05. The fraction of sp³-hybridized carbons (Fsp3) is 0.750. The van der Waals surface area contributed by atoms with Crippen LogP contribution in [0.3, 0.4) is 0 Å². The Morgan fingerprint density at radius 1 is 0.843 bits per heavy atom. The molecule has 0 bridgehead atoms. The molecular formula is C52H89N7O10S. The third-order valence-electron chi connectivity index (χ3n) is 13.5. The van der Waals surface area contributed by atoms with Gasteiger partial charge in [-0.25, -0.2) is 0 Å². The first-order valence-corrected chi connectivity index (χ1v) is 26.2. The summed E-state index contributed by atoms with van der Waals surface area (Å²) in [5, 5.41) is 6.20. The van der Waals surface area contributed by atoms with E-state index in [4.69, 9.17) is 14.2 Å². The van der Waals surface area contributed by atoms with Crippen molar-refractivity contribution in [2.45, 2.75) is 161 Å². The highest BCUT2D eigenvalue weighted by atomic mass is 32.2. The number of ether oxygens (including phenoxy) is 3. The number of hydrogen-bond acceptors (Lipinski definition) is 12. The van der Waals surface area contributed by atoms with E-state index in [-0.39, 0.29) is 78.1 Å². The Morgan fingerprint density at radius 2 is 1.46 bits per heavy atom. The van der Waals surface area contributed by atoms with Crippen LogP contribution >= 0.6 is 11.9 Å². The van der Waals surface area contributed by atoms with Gasteiger partial charge >= 0.3 is 0 Å². The molecule has 3 aliphatic rings. The Hall–Kier alpha value is -4.26. The summed E-state index contributed by atoms with van der Waals surface area (Å²) >= 11 is 1.40. The summed E-state index contributed by atoms with van der Waals surface area (Å²) in [4.78, 5) is 96.1. The van der Waals surface area contributed by atoms with Gasteiger partial charge in [0.05, 0.1) is 56.3 Å². The third-order valence-corrected chi connectivity index (χ3v) is 14.6. The number of likely N-dealkylation sites (tertiary alicyclic amines) is 2. The number of benzene rings is 1. The average molecular weight is 1000 g/mol. The Bertz CT molecular complexity index is 1770. The number of amides is 6. The summed E-state index contributed by atoms with van der Waals surface area (Å²) < 4.78 is 20.1. The zero-order chi connectivity index (χ0) is 52.7. The number of rotatable bonds is 25. The van der Waals surface area contributed by atoms with Crippen molar-refractivity contribution in [3.63, 3.8) is 0 Å². The number of nitrogens with zero attached hydrogens (tertiary/aromatic N) is 4. The topological polar surface area (TPSA) is 196 Å². The molecule has 398 valence electrons. The van der Waals surface area contributed by atoms with Gasteiger partial charge in [-0.3, -0.25) is 43.2 Å². The Balaban J connectivity index is 0.00000103. The smallest absolute Gasteiger partial charge is 0.252 e. The first-order valence-electron chi connectivity index (χ1n) is 25.4. The van der Waals surface area contributed by atoms with Crippen LogP contribution in [0.1, 0.15) is 119 Å². The van der Waals surface area contributed by atoms with Crippen LogP contribution in [-0.2, 0) is 49.5 Å². The first kappa shape index (κ1) is 61.9. The van der Waals surface area contributed by atoms with Gasteiger partial charge in [0.1, 0.15) is 17.6 Å². The summed E-state index contributed by atoms with van der Waals surface area (Å²) in [6.45, 7) is 17.4. The minimum Gasteiger partial charge on any atom is -0.497 e. The van der Waals surface area contributed by atoms with Gasteiger partial charge in [-0.1, -0.05) is 73.4 Å². The largest absolute Gasteiger partial charge is 0.497 e. The van der Waals surface area contributed by atoms with Crippen LogP contribution in [-0.4, -0.2) is 172 Å². The minimum atomic E-state index is -0.819. The lowest BCUT2D eigenvalue weighted by molar-refractivity contribution is -0.146. The van der Waals surface area contributed by atoms with Gasteiger partial charge in [0.15, 0.2) is 0 Å². The number of carbonyl (C=O) groups excluding carboxylic acids is 7. The second kappa shape index (κ2) is 31.9. The van der Waals surface area contributed by atoms with Crippen LogP contribution in [0, 0.1) is 23.7 Å². The Kier molecular flexibility index (Phi) is 28.2.